The number of aliphatic hydroxyl groups excluding tert-OH is 1. The van der Waals surface area contributed by atoms with E-state index in [4.69, 9.17) is 6.42 Å². The Morgan fingerprint density at radius 1 is 1.45 bits per heavy atom. The van der Waals surface area contributed by atoms with Gasteiger partial charge in [-0.05, 0) is 35.7 Å². The van der Waals surface area contributed by atoms with Crippen LogP contribution in [-0.4, -0.2) is 21.9 Å². The Balaban J connectivity index is 2.39. The molecule has 3 unspecified atom stereocenters. The van der Waals surface area contributed by atoms with Crippen LogP contribution in [0.5, 0.6) is 0 Å². The first-order valence-corrected chi connectivity index (χ1v) is 7.46. The highest BCUT2D eigenvalue weighted by molar-refractivity contribution is 5.26. The number of hydrogen-bond acceptors (Lipinski definition) is 2. The van der Waals surface area contributed by atoms with Gasteiger partial charge in [0.25, 0.3) is 0 Å². The van der Waals surface area contributed by atoms with Gasteiger partial charge in [-0.15, -0.1) is 12.2 Å². The molecule has 0 aromatic heterocycles. The lowest BCUT2D eigenvalue weighted by atomic mass is 9.65. The van der Waals surface area contributed by atoms with Crippen LogP contribution in [0.4, 0.5) is 0 Å². The molecule has 0 aliphatic heterocycles. The van der Waals surface area contributed by atoms with Crippen LogP contribution < -0.4 is 0 Å². The first kappa shape index (κ1) is 15.4. The first-order valence-electron chi connectivity index (χ1n) is 7.46. The Kier molecular flexibility index (Phi) is 3.68. The van der Waals surface area contributed by atoms with Gasteiger partial charge in [-0.25, -0.2) is 0 Å². The van der Waals surface area contributed by atoms with Crippen molar-refractivity contribution in [2.75, 3.05) is 0 Å². The van der Waals surface area contributed by atoms with E-state index in [0.29, 0.717) is 5.92 Å². The quantitative estimate of drug-likeness (QED) is 0.613. The summed E-state index contributed by atoms with van der Waals surface area (Å²) in [4.78, 5) is 0. The third-order valence-electron chi connectivity index (χ3n) is 5.91. The molecule has 110 valence electrons. The van der Waals surface area contributed by atoms with Crippen LogP contribution in [0.15, 0.2) is 18.4 Å². The van der Waals surface area contributed by atoms with Gasteiger partial charge in [-0.1, -0.05) is 40.2 Å². The summed E-state index contributed by atoms with van der Waals surface area (Å²) in [6, 6.07) is 0. The van der Waals surface area contributed by atoms with Crippen molar-refractivity contribution >= 4 is 0 Å². The van der Waals surface area contributed by atoms with E-state index in [1.807, 2.05) is 13.8 Å². The summed E-state index contributed by atoms with van der Waals surface area (Å²) in [5.74, 6) is 3.05. The normalized spacial score (nSPS) is 44.5. The molecule has 0 spiro atoms. The Morgan fingerprint density at radius 2 is 2.05 bits per heavy atom. The Morgan fingerprint density at radius 3 is 2.55 bits per heavy atom. The van der Waals surface area contributed by atoms with Crippen LogP contribution in [0, 0.1) is 47.3 Å². The van der Waals surface area contributed by atoms with Crippen molar-refractivity contribution < 1.29 is 10.2 Å². The van der Waals surface area contributed by atoms with Crippen LogP contribution in [-0.2, 0) is 0 Å². The average molecular weight is 274 g/mol. The van der Waals surface area contributed by atoms with Crippen LogP contribution >= 0.6 is 0 Å². The van der Waals surface area contributed by atoms with Crippen molar-refractivity contribution in [3.63, 3.8) is 0 Å². The maximum atomic E-state index is 11.0. The molecule has 0 radical (unpaired) electrons. The molecule has 0 heterocycles. The molecule has 2 saturated carbocycles. The Labute approximate surface area is 122 Å². The number of rotatable bonds is 3. The van der Waals surface area contributed by atoms with Crippen molar-refractivity contribution in [2.24, 2.45) is 35.0 Å². The van der Waals surface area contributed by atoms with Gasteiger partial charge in [0.1, 0.15) is 5.60 Å². The third-order valence-corrected chi connectivity index (χ3v) is 5.91. The number of terminal acetylenes is 1. The largest absolute Gasteiger partial charge is 0.392 e. The van der Waals surface area contributed by atoms with Crippen LogP contribution in [0.2, 0.25) is 0 Å². The van der Waals surface area contributed by atoms with Gasteiger partial charge in [0, 0.05) is 11.8 Å². The highest BCUT2D eigenvalue weighted by Gasteiger charge is 2.70. The molecule has 0 amide bonds. The van der Waals surface area contributed by atoms with Gasteiger partial charge in [0.15, 0.2) is 0 Å². The van der Waals surface area contributed by atoms with E-state index in [1.165, 1.54) is 0 Å². The molecule has 0 bridgehead atoms. The monoisotopic (exact) mass is 274 g/mol. The van der Waals surface area contributed by atoms with Crippen molar-refractivity contribution in [1.82, 2.24) is 0 Å². The van der Waals surface area contributed by atoms with Gasteiger partial charge >= 0.3 is 0 Å². The van der Waals surface area contributed by atoms with Gasteiger partial charge < -0.3 is 10.2 Å². The van der Waals surface area contributed by atoms with Crippen molar-refractivity contribution in [2.45, 2.75) is 45.8 Å². The molecular formula is C18H26O2. The smallest absolute Gasteiger partial charge is 0.133 e. The molecule has 2 rings (SSSR count). The van der Waals surface area contributed by atoms with Crippen molar-refractivity contribution in [3.05, 3.63) is 18.4 Å². The first-order chi connectivity index (χ1) is 9.21. The third kappa shape index (κ3) is 1.97. The second kappa shape index (κ2) is 4.78. The van der Waals surface area contributed by atoms with Gasteiger partial charge in [-0.2, -0.15) is 0 Å². The molecule has 0 saturated heterocycles. The molecule has 7 atom stereocenters. The number of fused-ring (bicyclic) bond motifs is 1. The predicted octanol–water partition coefficient (Wildman–Crippen LogP) is 2.62. The fourth-order valence-corrected chi connectivity index (χ4v) is 4.44. The standard InChI is InChI=1S/C18H26O2/c1-7-9-11(3)16(19)15-14-13(17(14,5)6)10-12(4)18(15,20)8-2/h2,9,11-16,19-20H,1,10H2,3-6H3/t11-,12-,13?,14?,15-,16-,18?/m1/s1. The molecule has 0 aromatic carbocycles. The van der Waals surface area contributed by atoms with E-state index in [-0.39, 0.29) is 29.1 Å². The van der Waals surface area contributed by atoms with E-state index in [9.17, 15) is 10.2 Å². The SMILES string of the molecule is C#CC1(O)[C@H](C)CC2C([C@@H]1[C@H](O)[C@H](C)C=C=C)C2(C)C. The van der Waals surface area contributed by atoms with E-state index in [2.05, 4.69) is 32.1 Å². The van der Waals surface area contributed by atoms with Gasteiger partial charge in [0.2, 0.25) is 0 Å². The topological polar surface area (TPSA) is 40.5 Å². The van der Waals surface area contributed by atoms with Gasteiger partial charge in [-0.3, -0.25) is 0 Å². The molecule has 2 aliphatic rings. The average Bonchev–Trinajstić information content (AvgIpc) is 2.91. The lowest BCUT2D eigenvalue weighted by Gasteiger charge is -2.44. The van der Waals surface area contributed by atoms with E-state index >= 15 is 0 Å². The zero-order valence-electron chi connectivity index (χ0n) is 12.9. The maximum Gasteiger partial charge on any atom is 0.133 e. The minimum Gasteiger partial charge on any atom is -0.392 e. The fraction of sp³-hybridized carbons (Fsp3) is 0.722. The second-order valence-electron chi connectivity index (χ2n) is 7.31. The Hall–Kier alpha value is -1.00. The van der Waals surface area contributed by atoms with Crippen molar-refractivity contribution in [1.29, 1.82) is 0 Å². The maximum absolute atomic E-state index is 11.0. The van der Waals surface area contributed by atoms with Gasteiger partial charge in [0.05, 0.1) is 6.10 Å². The number of hydrogen-bond donors (Lipinski definition) is 2. The molecule has 2 fully saturated rings. The minimum atomic E-state index is -1.22. The second-order valence-corrected chi connectivity index (χ2v) is 7.31. The summed E-state index contributed by atoms with van der Waals surface area (Å²) >= 11 is 0. The highest BCUT2D eigenvalue weighted by atomic mass is 16.3. The van der Waals surface area contributed by atoms with Crippen LogP contribution in [0.1, 0.15) is 34.1 Å². The van der Waals surface area contributed by atoms with E-state index in [0.717, 1.165) is 6.42 Å². The van der Waals surface area contributed by atoms with E-state index < -0.39 is 11.7 Å². The zero-order chi connectivity index (χ0) is 15.3. The fourth-order valence-electron chi connectivity index (χ4n) is 4.44. The summed E-state index contributed by atoms with van der Waals surface area (Å²) in [5, 5.41) is 21.7. The molecule has 2 N–H and O–H groups in total. The highest BCUT2D eigenvalue weighted by Crippen LogP contribution is 2.70. The summed E-state index contributed by atoms with van der Waals surface area (Å²) in [5.41, 5.74) is 1.65. The molecule has 20 heavy (non-hydrogen) atoms. The molecule has 2 nitrogen and oxygen atoms in total. The van der Waals surface area contributed by atoms with Crippen LogP contribution in [0.3, 0.4) is 0 Å². The van der Waals surface area contributed by atoms with Crippen LogP contribution in [0.25, 0.3) is 0 Å². The minimum absolute atomic E-state index is 0.00934. The molecule has 2 heteroatoms. The zero-order valence-corrected chi connectivity index (χ0v) is 12.9. The number of aliphatic hydroxyl groups is 2. The lowest BCUT2D eigenvalue weighted by Crippen LogP contribution is -2.53. The molecule has 0 aromatic rings. The molecular weight excluding hydrogens is 248 g/mol. The summed E-state index contributed by atoms with van der Waals surface area (Å²) < 4.78 is 0. The Bertz CT molecular complexity index is 480. The molecule has 2 aliphatic carbocycles. The predicted molar refractivity (Wildman–Crippen MR) is 80.7 cm³/mol. The summed E-state index contributed by atoms with van der Waals surface area (Å²) in [6.07, 6.45) is 7.68. The summed E-state index contributed by atoms with van der Waals surface area (Å²) in [7, 11) is 0. The van der Waals surface area contributed by atoms with Crippen molar-refractivity contribution in [3.8, 4) is 12.3 Å². The lowest BCUT2D eigenvalue weighted by molar-refractivity contribution is -0.104. The van der Waals surface area contributed by atoms with E-state index in [1.54, 1.807) is 6.08 Å². The summed E-state index contributed by atoms with van der Waals surface area (Å²) in [6.45, 7) is 11.9.